The molecule has 36 heavy (non-hydrogen) atoms. The van der Waals surface area contributed by atoms with Gasteiger partial charge in [-0.05, 0) is 99.1 Å². The number of aromatic nitrogens is 2. The maximum atomic E-state index is 6.54. The quantitative estimate of drug-likeness (QED) is 0.291. The zero-order valence-corrected chi connectivity index (χ0v) is 22.6. The predicted octanol–water partition coefficient (Wildman–Crippen LogP) is 6.95. The second-order valence-electron chi connectivity index (χ2n) is 9.27. The van der Waals surface area contributed by atoms with Gasteiger partial charge in [-0.3, -0.25) is 4.98 Å². The van der Waals surface area contributed by atoms with Crippen LogP contribution in [0.2, 0.25) is 5.02 Å². The average Bonchev–Trinajstić information content (AvgIpc) is 3.36. The molecular formula is C29H29ClN4OS. The Hall–Kier alpha value is -3.35. The summed E-state index contributed by atoms with van der Waals surface area (Å²) in [6, 6.07) is 20.4. The monoisotopic (exact) mass is 516 g/mol. The first kappa shape index (κ1) is 24.3. The molecule has 2 aromatic heterocycles. The summed E-state index contributed by atoms with van der Waals surface area (Å²) >= 11 is 12.4. The lowest BCUT2D eigenvalue weighted by Crippen LogP contribution is -2.29. The second kappa shape index (κ2) is 9.60. The molecule has 1 saturated heterocycles. The number of halogens is 1. The molecule has 0 radical (unpaired) electrons. The first-order valence-electron chi connectivity index (χ1n) is 11.9. The van der Waals surface area contributed by atoms with Gasteiger partial charge in [0.25, 0.3) is 0 Å². The lowest BCUT2D eigenvalue weighted by Gasteiger charge is -2.28. The number of nitrogens with one attached hydrogen (secondary N) is 1. The molecule has 1 N–H and O–H groups in total. The summed E-state index contributed by atoms with van der Waals surface area (Å²) in [6.45, 7) is 8.62. The van der Waals surface area contributed by atoms with E-state index in [1.165, 1.54) is 33.8 Å². The van der Waals surface area contributed by atoms with Gasteiger partial charge in [0.05, 0.1) is 29.9 Å². The fourth-order valence-corrected chi connectivity index (χ4v) is 5.77. The molecular weight excluding hydrogens is 488 g/mol. The van der Waals surface area contributed by atoms with Crippen molar-refractivity contribution < 1.29 is 4.74 Å². The van der Waals surface area contributed by atoms with E-state index in [0.717, 1.165) is 11.4 Å². The lowest BCUT2D eigenvalue weighted by atomic mass is 9.96. The number of hydrogen-bond donors (Lipinski definition) is 1. The Bertz CT molecular complexity index is 1450. The first-order chi connectivity index (χ1) is 17.3. The molecule has 0 amide bonds. The number of benzene rings is 2. The summed E-state index contributed by atoms with van der Waals surface area (Å²) < 4.78 is 7.73. The smallest absolute Gasteiger partial charge is 0.174 e. The topological polar surface area (TPSA) is 42.3 Å². The minimum Gasteiger partial charge on any atom is -0.495 e. The van der Waals surface area contributed by atoms with Crippen LogP contribution in [-0.2, 0) is 0 Å². The minimum atomic E-state index is -0.132. The number of methoxy groups -OCH3 is 1. The van der Waals surface area contributed by atoms with Gasteiger partial charge in [-0.15, -0.1) is 0 Å². The molecule has 2 aromatic carbocycles. The maximum absolute atomic E-state index is 6.54. The van der Waals surface area contributed by atoms with Crippen LogP contribution in [0.1, 0.15) is 45.9 Å². The van der Waals surface area contributed by atoms with E-state index in [9.17, 15) is 0 Å². The van der Waals surface area contributed by atoms with E-state index < -0.39 is 0 Å². The number of anilines is 1. The molecule has 1 aliphatic heterocycles. The van der Waals surface area contributed by atoms with Crippen LogP contribution in [0.15, 0.2) is 66.9 Å². The molecule has 184 valence electrons. The Morgan fingerprint density at radius 2 is 1.81 bits per heavy atom. The van der Waals surface area contributed by atoms with Crippen molar-refractivity contribution in [3.63, 3.8) is 0 Å². The summed E-state index contributed by atoms with van der Waals surface area (Å²) in [6.07, 6.45) is 1.82. The van der Waals surface area contributed by atoms with Gasteiger partial charge in [0.15, 0.2) is 5.11 Å². The molecule has 0 aliphatic carbocycles. The fourth-order valence-electron chi connectivity index (χ4n) is 5.17. The van der Waals surface area contributed by atoms with Crippen molar-refractivity contribution in [1.82, 2.24) is 14.9 Å². The van der Waals surface area contributed by atoms with Crippen molar-refractivity contribution in [3.8, 4) is 11.4 Å². The Morgan fingerprint density at radius 1 is 1.00 bits per heavy atom. The zero-order valence-electron chi connectivity index (χ0n) is 21.0. The zero-order chi connectivity index (χ0) is 25.6. The van der Waals surface area contributed by atoms with Crippen molar-refractivity contribution >= 4 is 34.6 Å². The SMILES string of the molecule is COc1ccc(N2C(=S)N[C@@H](c3ccccn3)[C@H]2c2cc(C)n(-c3cc(C)ccc3C)c2C)cc1Cl. The molecule has 5 nitrogen and oxygen atoms in total. The van der Waals surface area contributed by atoms with Crippen LogP contribution in [0.5, 0.6) is 5.75 Å². The molecule has 4 aromatic rings. The second-order valence-corrected chi connectivity index (χ2v) is 10.1. The third kappa shape index (κ3) is 4.14. The van der Waals surface area contributed by atoms with Gasteiger partial charge in [0.2, 0.25) is 0 Å². The molecule has 0 saturated carbocycles. The third-order valence-corrected chi connectivity index (χ3v) is 7.52. The Labute approximate surface area is 222 Å². The highest BCUT2D eigenvalue weighted by molar-refractivity contribution is 7.80. The highest BCUT2D eigenvalue weighted by Gasteiger charge is 2.42. The first-order valence-corrected chi connectivity index (χ1v) is 12.7. The number of rotatable bonds is 5. The van der Waals surface area contributed by atoms with Gasteiger partial charge >= 0.3 is 0 Å². The van der Waals surface area contributed by atoms with Gasteiger partial charge < -0.3 is 19.5 Å². The van der Waals surface area contributed by atoms with Crippen molar-refractivity contribution in [1.29, 1.82) is 0 Å². The Balaban J connectivity index is 1.70. The number of pyridine rings is 1. The van der Waals surface area contributed by atoms with E-state index in [2.05, 4.69) is 71.7 Å². The predicted molar refractivity (Wildman–Crippen MR) is 151 cm³/mol. The van der Waals surface area contributed by atoms with Crippen LogP contribution in [0.4, 0.5) is 5.69 Å². The number of ether oxygens (including phenoxy) is 1. The van der Waals surface area contributed by atoms with E-state index >= 15 is 0 Å². The standard InChI is InChI=1S/C29H29ClN4OS/c1-17-9-10-18(2)25(14-17)33-19(3)15-22(20(33)4)28-27(24-8-6-7-13-31-24)32-29(36)34(28)21-11-12-26(35-5)23(30)16-21/h6-16,27-28H,1-5H3,(H,32,36)/t27-,28+/m0/s1. The Morgan fingerprint density at radius 3 is 2.50 bits per heavy atom. The molecule has 2 atom stereocenters. The summed E-state index contributed by atoms with van der Waals surface area (Å²) in [4.78, 5) is 6.83. The molecule has 3 heterocycles. The van der Waals surface area contributed by atoms with Crippen molar-refractivity contribution in [2.24, 2.45) is 0 Å². The largest absolute Gasteiger partial charge is 0.495 e. The van der Waals surface area contributed by atoms with Crippen LogP contribution in [0.25, 0.3) is 5.69 Å². The molecule has 1 aliphatic rings. The van der Waals surface area contributed by atoms with Gasteiger partial charge in [0, 0.05) is 29.0 Å². The Kier molecular flexibility index (Phi) is 6.49. The molecule has 7 heteroatoms. The van der Waals surface area contributed by atoms with Crippen LogP contribution in [0.3, 0.4) is 0 Å². The number of nitrogens with zero attached hydrogens (tertiary/aromatic N) is 3. The van der Waals surface area contributed by atoms with Gasteiger partial charge in [-0.1, -0.05) is 29.8 Å². The van der Waals surface area contributed by atoms with Gasteiger partial charge in [0.1, 0.15) is 5.75 Å². The lowest BCUT2D eigenvalue weighted by molar-refractivity contribution is 0.415. The van der Waals surface area contributed by atoms with Crippen molar-refractivity contribution in [2.45, 2.75) is 39.8 Å². The molecule has 0 unspecified atom stereocenters. The number of hydrogen-bond acceptors (Lipinski definition) is 3. The normalized spacial score (nSPS) is 17.4. The van der Waals surface area contributed by atoms with E-state index in [-0.39, 0.29) is 12.1 Å². The number of thiocarbonyl (C=S) groups is 1. The summed E-state index contributed by atoms with van der Waals surface area (Å²) in [5.74, 6) is 0.629. The van der Waals surface area contributed by atoms with Crippen LogP contribution in [-0.4, -0.2) is 21.8 Å². The average molecular weight is 517 g/mol. The van der Waals surface area contributed by atoms with Gasteiger partial charge in [-0.2, -0.15) is 0 Å². The van der Waals surface area contributed by atoms with E-state index in [1.807, 2.05) is 42.6 Å². The summed E-state index contributed by atoms with van der Waals surface area (Å²) in [5.41, 5.74) is 9.01. The van der Waals surface area contributed by atoms with Crippen LogP contribution < -0.4 is 15.0 Å². The van der Waals surface area contributed by atoms with Crippen LogP contribution in [0, 0.1) is 27.7 Å². The molecule has 0 bridgehead atoms. The fraction of sp³-hybridized carbons (Fsp3) is 0.241. The summed E-state index contributed by atoms with van der Waals surface area (Å²) in [7, 11) is 1.62. The molecule has 5 rings (SSSR count). The van der Waals surface area contributed by atoms with Crippen LogP contribution >= 0.6 is 23.8 Å². The van der Waals surface area contributed by atoms with Gasteiger partial charge in [-0.25, -0.2) is 0 Å². The van der Waals surface area contributed by atoms with E-state index in [1.54, 1.807) is 7.11 Å². The molecule has 1 fully saturated rings. The van der Waals surface area contributed by atoms with Crippen molar-refractivity contribution in [3.05, 3.63) is 106 Å². The van der Waals surface area contributed by atoms with E-state index in [0.29, 0.717) is 15.9 Å². The minimum absolute atomic E-state index is 0.123. The van der Waals surface area contributed by atoms with E-state index in [4.69, 9.17) is 28.6 Å². The highest BCUT2D eigenvalue weighted by Crippen LogP contribution is 2.45. The third-order valence-electron chi connectivity index (χ3n) is 6.91. The highest BCUT2D eigenvalue weighted by atomic mass is 35.5. The van der Waals surface area contributed by atoms with Crippen molar-refractivity contribution in [2.75, 3.05) is 12.0 Å². The number of aryl methyl sites for hydroxylation is 3. The summed E-state index contributed by atoms with van der Waals surface area (Å²) in [5, 5.41) is 4.72. The maximum Gasteiger partial charge on any atom is 0.174 e. The molecule has 0 spiro atoms.